The molecule has 0 saturated heterocycles. The van der Waals surface area contributed by atoms with Crippen LogP contribution in [0.3, 0.4) is 0 Å². The molecule has 0 radical (unpaired) electrons. The molecule has 0 aliphatic heterocycles. The number of rotatable bonds is 8. The third-order valence-electron chi connectivity index (χ3n) is 3.90. The lowest BCUT2D eigenvalue weighted by Crippen LogP contribution is -2.24. The van der Waals surface area contributed by atoms with Crippen LogP contribution in [0.15, 0.2) is 31.4 Å². The molecule has 0 amide bonds. The van der Waals surface area contributed by atoms with E-state index in [4.69, 9.17) is 14.6 Å². The number of nitrogens with zero attached hydrogens (tertiary/aromatic N) is 3. The van der Waals surface area contributed by atoms with Gasteiger partial charge in [0.2, 0.25) is 11.0 Å². The normalized spacial score (nSPS) is 14.8. The Hall–Kier alpha value is -2.24. The molecule has 1 fully saturated rings. The molecule has 0 spiro atoms. The van der Waals surface area contributed by atoms with Crippen LogP contribution in [0.5, 0.6) is 0 Å². The van der Waals surface area contributed by atoms with Gasteiger partial charge in [-0.25, -0.2) is 18.1 Å². The van der Waals surface area contributed by atoms with Crippen LogP contribution in [-0.2, 0) is 16.4 Å². The summed E-state index contributed by atoms with van der Waals surface area (Å²) in [7, 11) is -3.74. The molecule has 0 atom stereocenters. The van der Waals surface area contributed by atoms with E-state index < -0.39 is 10.0 Å². The van der Waals surface area contributed by atoms with E-state index in [0.717, 1.165) is 18.5 Å². The number of aryl methyl sites for hydroxylation is 1. The highest BCUT2D eigenvalue weighted by Crippen LogP contribution is 2.40. The summed E-state index contributed by atoms with van der Waals surface area (Å²) < 4.78 is 38.0. The first-order chi connectivity index (χ1) is 12.5. The Labute approximate surface area is 153 Å². The number of nitrogen functional groups attached to an aromatic ring is 1. The van der Waals surface area contributed by atoms with Gasteiger partial charge >= 0.3 is 0 Å². The molecular formula is C15H17N5O4S2. The number of hydrogen-bond acceptors (Lipinski definition) is 9. The minimum atomic E-state index is -3.74. The SMILES string of the molecule is Nc1nc(CCCNS(=O)(=O)c2ccc(-c3nnc(C4CC4)o3)o2)cs1. The summed E-state index contributed by atoms with van der Waals surface area (Å²) in [4.78, 5) is 4.14. The standard InChI is InChI=1S/C15H17N5O4S2/c16-15-18-10(8-25-15)2-1-7-17-26(21,22)12-6-5-11(23-12)14-20-19-13(24-14)9-3-4-9/h5-6,8-9,17H,1-4,7H2,(H2,16,18). The van der Waals surface area contributed by atoms with Gasteiger partial charge in [0.25, 0.3) is 15.9 Å². The second kappa shape index (κ2) is 6.82. The first-order valence-corrected chi connectivity index (χ1v) is 10.5. The van der Waals surface area contributed by atoms with Crippen molar-refractivity contribution in [2.45, 2.75) is 36.7 Å². The van der Waals surface area contributed by atoms with Crippen molar-refractivity contribution in [3.8, 4) is 11.7 Å². The lowest BCUT2D eigenvalue weighted by atomic mass is 10.2. The van der Waals surface area contributed by atoms with Gasteiger partial charge in [-0.2, -0.15) is 0 Å². The van der Waals surface area contributed by atoms with Crippen molar-refractivity contribution in [2.24, 2.45) is 0 Å². The van der Waals surface area contributed by atoms with Gasteiger partial charge in [0.15, 0.2) is 10.9 Å². The highest BCUT2D eigenvalue weighted by molar-refractivity contribution is 7.89. The maximum Gasteiger partial charge on any atom is 0.283 e. The topological polar surface area (TPSA) is 137 Å². The van der Waals surface area contributed by atoms with E-state index in [1.54, 1.807) is 0 Å². The van der Waals surface area contributed by atoms with E-state index in [1.165, 1.54) is 23.5 Å². The Kier molecular flexibility index (Phi) is 4.51. The number of sulfonamides is 1. The predicted octanol–water partition coefficient (Wildman–Crippen LogP) is 2.16. The van der Waals surface area contributed by atoms with Crippen molar-refractivity contribution in [3.05, 3.63) is 29.1 Å². The van der Waals surface area contributed by atoms with Crippen molar-refractivity contribution in [1.29, 1.82) is 0 Å². The van der Waals surface area contributed by atoms with Gasteiger partial charge in [0, 0.05) is 17.8 Å². The zero-order chi connectivity index (χ0) is 18.1. The van der Waals surface area contributed by atoms with E-state index in [9.17, 15) is 8.42 Å². The number of hydrogen-bond donors (Lipinski definition) is 2. The Morgan fingerprint density at radius 1 is 1.27 bits per heavy atom. The third kappa shape index (κ3) is 3.79. The summed E-state index contributed by atoms with van der Waals surface area (Å²) in [5.41, 5.74) is 6.42. The largest absolute Gasteiger partial charge is 0.438 e. The van der Waals surface area contributed by atoms with E-state index >= 15 is 0 Å². The maximum atomic E-state index is 12.3. The second-order valence-electron chi connectivity index (χ2n) is 6.02. The lowest BCUT2D eigenvalue weighted by molar-refractivity contribution is 0.431. The van der Waals surface area contributed by atoms with E-state index in [1.807, 2.05) is 5.38 Å². The van der Waals surface area contributed by atoms with Crippen molar-refractivity contribution in [1.82, 2.24) is 19.9 Å². The Morgan fingerprint density at radius 3 is 2.85 bits per heavy atom. The van der Waals surface area contributed by atoms with Gasteiger partial charge in [0.1, 0.15) is 0 Å². The Bertz CT molecular complexity index is 1000. The number of thiazole rings is 1. The molecule has 3 N–H and O–H groups in total. The zero-order valence-corrected chi connectivity index (χ0v) is 15.3. The smallest absolute Gasteiger partial charge is 0.283 e. The predicted molar refractivity (Wildman–Crippen MR) is 94.0 cm³/mol. The van der Waals surface area contributed by atoms with Gasteiger partial charge in [-0.3, -0.25) is 0 Å². The van der Waals surface area contributed by atoms with Crippen LogP contribution < -0.4 is 10.5 Å². The van der Waals surface area contributed by atoms with Gasteiger partial charge in [-0.15, -0.1) is 21.5 Å². The van der Waals surface area contributed by atoms with Gasteiger partial charge in [0.05, 0.1) is 5.69 Å². The first kappa shape index (κ1) is 17.2. The Balaban J connectivity index is 1.35. The van der Waals surface area contributed by atoms with Crippen molar-refractivity contribution < 1.29 is 17.3 Å². The molecule has 3 aromatic heterocycles. The van der Waals surface area contributed by atoms with E-state index in [0.29, 0.717) is 29.8 Å². The van der Waals surface area contributed by atoms with Crippen molar-refractivity contribution in [3.63, 3.8) is 0 Å². The Morgan fingerprint density at radius 2 is 2.12 bits per heavy atom. The van der Waals surface area contributed by atoms with Crippen molar-refractivity contribution >= 4 is 26.5 Å². The molecule has 138 valence electrons. The number of nitrogens with two attached hydrogens (primary N) is 1. The summed E-state index contributed by atoms with van der Waals surface area (Å²) in [5.74, 6) is 1.32. The second-order valence-corrected chi connectivity index (χ2v) is 8.60. The van der Waals surface area contributed by atoms with Crippen LogP contribution >= 0.6 is 11.3 Å². The van der Waals surface area contributed by atoms with Crippen LogP contribution in [0, 0.1) is 0 Å². The molecule has 4 rings (SSSR count). The molecule has 3 aromatic rings. The fourth-order valence-electron chi connectivity index (χ4n) is 2.39. The van der Waals surface area contributed by atoms with Gasteiger partial charge < -0.3 is 14.6 Å². The maximum absolute atomic E-state index is 12.3. The molecule has 1 aliphatic carbocycles. The summed E-state index contributed by atoms with van der Waals surface area (Å²) >= 11 is 1.37. The van der Waals surface area contributed by atoms with Crippen LogP contribution in [0.2, 0.25) is 0 Å². The third-order valence-corrected chi connectivity index (χ3v) is 5.95. The van der Waals surface area contributed by atoms with E-state index in [2.05, 4.69) is 19.9 Å². The number of furan rings is 1. The minimum absolute atomic E-state index is 0.184. The van der Waals surface area contributed by atoms with Crippen LogP contribution in [0.25, 0.3) is 11.7 Å². The molecule has 0 bridgehead atoms. The average molecular weight is 395 g/mol. The number of aromatic nitrogens is 3. The number of nitrogens with one attached hydrogen (secondary N) is 1. The summed E-state index contributed by atoms with van der Waals surface area (Å²) in [5, 5.41) is 10.1. The molecule has 26 heavy (non-hydrogen) atoms. The van der Waals surface area contributed by atoms with Crippen LogP contribution in [-0.4, -0.2) is 30.1 Å². The van der Waals surface area contributed by atoms with Gasteiger partial charge in [-0.05, 0) is 37.8 Å². The molecular weight excluding hydrogens is 378 g/mol. The first-order valence-electron chi connectivity index (χ1n) is 8.14. The van der Waals surface area contributed by atoms with E-state index in [-0.39, 0.29) is 23.3 Å². The molecule has 0 unspecified atom stereocenters. The summed E-state index contributed by atoms with van der Waals surface area (Å²) in [6.07, 6.45) is 3.32. The molecule has 1 aliphatic rings. The lowest BCUT2D eigenvalue weighted by Gasteiger charge is -2.03. The van der Waals surface area contributed by atoms with Crippen molar-refractivity contribution in [2.75, 3.05) is 12.3 Å². The highest BCUT2D eigenvalue weighted by atomic mass is 32.2. The molecule has 11 heteroatoms. The number of anilines is 1. The fraction of sp³-hybridized carbons (Fsp3) is 0.400. The minimum Gasteiger partial charge on any atom is -0.438 e. The summed E-state index contributed by atoms with van der Waals surface area (Å²) in [6, 6.07) is 2.89. The van der Waals surface area contributed by atoms with Gasteiger partial charge in [-0.1, -0.05) is 0 Å². The average Bonchev–Trinajstić information content (AvgIpc) is 3.04. The summed E-state index contributed by atoms with van der Waals surface area (Å²) in [6.45, 7) is 0.266. The van der Waals surface area contributed by atoms with Crippen LogP contribution in [0.1, 0.15) is 36.8 Å². The molecule has 0 aromatic carbocycles. The fourth-order valence-corrected chi connectivity index (χ4v) is 3.99. The molecule has 1 saturated carbocycles. The molecule has 3 heterocycles. The van der Waals surface area contributed by atoms with Crippen LogP contribution in [0.4, 0.5) is 5.13 Å². The quantitative estimate of drug-likeness (QED) is 0.554. The monoisotopic (exact) mass is 395 g/mol. The highest BCUT2D eigenvalue weighted by Gasteiger charge is 2.30. The molecule has 9 nitrogen and oxygen atoms in total. The zero-order valence-electron chi connectivity index (χ0n) is 13.7.